The minimum absolute atomic E-state index is 0.0978. The van der Waals surface area contributed by atoms with Crippen LogP contribution in [-0.2, 0) is 28.8 Å². The summed E-state index contributed by atoms with van der Waals surface area (Å²) in [5.74, 6) is -2.14. The maximum Gasteiger partial charge on any atom is 0.245 e. The number of nitrogens with zero attached hydrogens (tertiary/aromatic N) is 4. The van der Waals surface area contributed by atoms with Gasteiger partial charge in [-0.3, -0.25) is 48.3 Å². The van der Waals surface area contributed by atoms with Gasteiger partial charge in [0.1, 0.15) is 17.9 Å². The van der Waals surface area contributed by atoms with Crippen LogP contribution in [0.25, 0.3) is 0 Å². The number of likely N-dealkylation sites (N-methyl/N-ethyl adjacent to an activating group) is 2. The molecule has 6 atom stereocenters. The maximum absolute atomic E-state index is 14.2. The molecule has 0 radical (unpaired) electrons. The highest BCUT2D eigenvalue weighted by Gasteiger charge is 2.37. The van der Waals surface area contributed by atoms with Gasteiger partial charge in [-0.1, -0.05) is 6.42 Å². The molecule has 4 aromatic rings. The number of benzene rings is 2. The second-order valence-electron chi connectivity index (χ2n) is 20.5. The molecule has 6 rings (SSSR count). The number of unbranched alkanes of at least 4 members (excludes halogenated alkanes) is 4. The predicted molar refractivity (Wildman–Crippen MR) is 306 cm³/mol. The monoisotopic (exact) mass is 1200 g/mol. The zero-order chi connectivity index (χ0) is 56.8. The molecule has 18 nitrogen and oxygen atoms in total. The topological polar surface area (TPSA) is 241 Å². The smallest absolute Gasteiger partial charge is 0.245 e. The van der Waals surface area contributed by atoms with Gasteiger partial charge in [0.05, 0.1) is 24.2 Å². The maximum atomic E-state index is 14.2. The van der Waals surface area contributed by atoms with Crippen molar-refractivity contribution in [1.82, 2.24) is 51.7 Å². The lowest BCUT2D eigenvalue weighted by Gasteiger charge is -2.30. The molecule has 2 fully saturated rings. The summed E-state index contributed by atoms with van der Waals surface area (Å²) >= 11 is 2.19. The van der Waals surface area contributed by atoms with E-state index >= 15 is 0 Å². The Labute approximate surface area is 476 Å². The van der Waals surface area contributed by atoms with Gasteiger partial charge in [-0.25, -0.2) is 4.39 Å². The summed E-state index contributed by atoms with van der Waals surface area (Å²) in [6, 6.07) is 12.9. The SMILES string of the molecule is CN[C@@H](C)C(=O)N[C@@H](CCCCNC(=O)CCCCCC(=O)NCCCC[C@H](NC(=O)[C@H](C)NC)C(=O)N1CCC[C@H]1c1cncc(C(=O)c2ccc(I)cc2)c1)C(=O)N1CCC[C@H]1c1cncc(C(=O)c2ccc(F)cc2)c1. The van der Waals surface area contributed by atoms with Crippen LogP contribution in [0, 0.1) is 9.39 Å². The number of aromatic nitrogens is 2. The van der Waals surface area contributed by atoms with E-state index in [-0.39, 0.29) is 59.1 Å². The van der Waals surface area contributed by atoms with E-state index < -0.39 is 30.0 Å². The summed E-state index contributed by atoms with van der Waals surface area (Å²) < 4.78 is 14.5. The quantitative estimate of drug-likeness (QED) is 0.0188. The Morgan fingerprint density at radius 3 is 1.41 bits per heavy atom. The summed E-state index contributed by atoms with van der Waals surface area (Å²) in [4.78, 5) is 119. The van der Waals surface area contributed by atoms with E-state index in [1.54, 1.807) is 74.5 Å². The van der Waals surface area contributed by atoms with Gasteiger partial charge in [0.25, 0.3) is 0 Å². The van der Waals surface area contributed by atoms with Crippen molar-refractivity contribution >= 4 is 69.6 Å². The first-order valence-electron chi connectivity index (χ1n) is 27.7. The number of halogens is 2. The van der Waals surface area contributed by atoms with Gasteiger partial charge < -0.3 is 41.7 Å². The molecule has 2 aliphatic rings. The normalized spacial score (nSPS) is 16.6. The molecule has 424 valence electrons. The van der Waals surface area contributed by atoms with Gasteiger partial charge in [-0.05, 0) is 199 Å². The van der Waals surface area contributed by atoms with Crippen molar-refractivity contribution in [2.75, 3.05) is 40.3 Å². The molecule has 0 saturated carbocycles. The summed E-state index contributed by atoms with van der Waals surface area (Å²) in [5, 5.41) is 17.6. The second-order valence-corrected chi connectivity index (χ2v) is 21.7. The third-order valence-corrected chi connectivity index (χ3v) is 15.5. The van der Waals surface area contributed by atoms with Gasteiger partial charge in [-0.2, -0.15) is 0 Å². The van der Waals surface area contributed by atoms with Crippen molar-refractivity contribution in [1.29, 1.82) is 0 Å². The molecule has 20 heteroatoms. The first kappa shape index (κ1) is 61.7. The van der Waals surface area contributed by atoms with Crippen LogP contribution >= 0.6 is 22.6 Å². The first-order chi connectivity index (χ1) is 38.1. The number of likely N-dealkylation sites (tertiary alicyclic amines) is 2. The summed E-state index contributed by atoms with van der Waals surface area (Å²) in [6.07, 6.45) is 14.8. The van der Waals surface area contributed by atoms with Crippen molar-refractivity contribution in [3.05, 3.63) is 128 Å². The third-order valence-electron chi connectivity index (χ3n) is 14.8. The van der Waals surface area contributed by atoms with Crippen LogP contribution in [0.3, 0.4) is 0 Å². The molecule has 6 amide bonds. The number of hydrogen-bond donors (Lipinski definition) is 6. The first-order valence-corrected chi connectivity index (χ1v) is 28.8. The van der Waals surface area contributed by atoms with Gasteiger partial charge >= 0.3 is 0 Å². The van der Waals surface area contributed by atoms with Crippen LogP contribution < -0.4 is 31.9 Å². The Bertz CT molecular complexity index is 2550. The number of ketones is 2. The van der Waals surface area contributed by atoms with Crippen LogP contribution in [0.15, 0.2) is 85.5 Å². The highest BCUT2D eigenvalue weighted by Crippen LogP contribution is 2.35. The fraction of sp³-hybridized carbons (Fsp3) is 0.492. The van der Waals surface area contributed by atoms with E-state index in [1.807, 2.05) is 18.2 Å². The number of carbonyl (C=O) groups is 8. The van der Waals surface area contributed by atoms with Crippen LogP contribution in [0.1, 0.15) is 165 Å². The minimum Gasteiger partial charge on any atom is -0.356 e. The zero-order valence-corrected chi connectivity index (χ0v) is 48.0. The Morgan fingerprint density at radius 1 is 0.570 bits per heavy atom. The fourth-order valence-corrected chi connectivity index (χ4v) is 10.3. The van der Waals surface area contributed by atoms with Crippen LogP contribution in [0.2, 0.25) is 0 Å². The Kier molecular flexibility index (Phi) is 24.5. The van der Waals surface area contributed by atoms with E-state index in [2.05, 4.69) is 64.5 Å². The Morgan fingerprint density at radius 2 is 0.987 bits per heavy atom. The number of amides is 6. The predicted octanol–water partition coefficient (Wildman–Crippen LogP) is 6.42. The van der Waals surface area contributed by atoms with Crippen LogP contribution in [0.5, 0.6) is 0 Å². The Hall–Kier alpha value is -6.52. The molecule has 2 aromatic heterocycles. The molecular formula is C59H76FIN10O8. The number of pyridine rings is 2. The van der Waals surface area contributed by atoms with E-state index in [9.17, 15) is 42.7 Å². The van der Waals surface area contributed by atoms with Crippen LogP contribution in [-0.4, -0.2) is 131 Å². The lowest BCUT2D eigenvalue weighted by molar-refractivity contribution is -0.138. The molecule has 2 saturated heterocycles. The van der Waals surface area contributed by atoms with Gasteiger partial charge in [0, 0.05) is 89.6 Å². The van der Waals surface area contributed by atoms with Gasteiger partial charge in [0.2, 0.25) is 35.4 Å². The zero-order valence-electron chi connectivity index (χ0n) is 45.8. The summed E-state index contributed by atoms with van der Waals surface area (Å²) in [7, 11) is 3.35. The molecule has 0 spiro atoms. The molecule has 79 heavy (non-hydrogen) atoms. The summed E-state index contributed by atoms with van der Waals surface area (Å²) in [5.41, 5.74) is 3.12. The second kappa shape index (κ2) is 31.3. The molecule has 4 heterocycles. The molecule has 6 N–H and O–H groups in total. The molecule has 2 aliphatic heterocycles. The fourth-order valence-electron chi connectivity index (χ4n) is 9.92. The number of rotatable bonds is 30. The number of hydrogen-bond acceptors (Lipinski definition) is 12. The van der Waals surface area contributed by atoms with Crippen molar-refractivity contribution in [3.8, 4) is 0 Å². The van der Waals surface area contributed by atoms with Crippen molar-refractivity contribution in [2.45, 2.75) is 146 Å². The number of nitrogens with one attached hydrogen (secondary N) is 6. The molecule has 0 unspecified atom stereocenters. The lowest BCUT2D eigenvalue weighted by Crippen LogP contribution is -2.52. The largest absolute Gasteiger partial charge is 0.356 e. The summed E-state index contributed by atoms with van der Waals surface area (Å²) in [6.45, 7) is 5.22. The van der Waals surface area contributed by atoms with Crippen molar-refractivity contribution < 1.29 is 42.7 Å². The van der Waals surface area contributed by atoms with E-state index in [0.717, 1.165) is 22.0 Å². The van der Waals surface area contributed by atoms with E-state index in [0.29, 0.717) is 137 Å². The van der Waals surface area contributed by atoms with Gasteiger partial charge in [0.15, 0.2) is 11.6 Å². The van der Waals surface area contributed by atoms with Gasteiger partial charge in [-0.15, -0.1) is 0 Å². The highest BCUT2D eigenvalue weighted by atomic mass is 127. The average molecular weight is 1200 g/mol. The van der Waals surface area contributed by atoms with E-state index in [1.165, 1.54) is 30.5 Å². The third kappa shape index (κ3) is 18.3. The Balaban J connectivity index is 0.883. The van der Waals surface area contributed by atoms with E-state index in [4.69, 9.17) is 0 Å². The van der Waals surface area contributed by atoms with Crippen molar-refractivity contribution in [2.24, 2.45) is 0 Å². The average Bonchev–Trinajstić information content (AvgIpc) is 4.18. The molecular weight excluding hydrogens is 1120 g/mol. The highest BCUT2D eigenvalue weighted by molar-refractivity contribution is 14.1. The van der Waals surface area contributed by atoms with Crippen molar-refractivity contribution in [3.63, 3.8) is 0 Å². The lowest BCUT2D eigenvalue weighted by atomic mass is 9.99. The molecule has 0 aliphatic carbocycles. The number of carbonyl (C=O) groups excluding carboxylic acids is 8. The van der Waals surface area contributed by atoms with Crippen LogP contribution in [0.4, 0.5) is 4.39 Å². The molecule has 0 bridgehead atoms. The minimum atomic E-state index is -0.809. The molecule has 2 aromatic carbocycles. The standard InChI is InChI=1S/C59H76FIN10O8/c1-38(62-3)56(76)68-48(58(78)70-30-12-16-50(70)42-32-44(36-64-34-42)54(74)40-20-24-46(60)25-21-40)14-8-10-28-66-52(72)18-6-5-7-19-53(73)67-29-11-9-15-49(69-57(77)39(2)63-4)59(79)71-31-13-17-51(71)43-33-45(37-65-35-43)55(75)41-22-26-47(61)27-23-41/h20-27,32-39,48-51,62-63H,5-19,28-31H2,1-4H3,(H,66,72)(H,67,73)(H,68,76)(H,69,77)/t38-,39-,48-,49-,50-,51-/m0/s1.